The summed E-state index contributed by atoms with van der Waals surface area (Å²) in [6.07, 6.45) is 0. The molecule has 0 saturated heterocycles. The molecule has 0 radical (unpaired) electrons. The van der Waals surface area contributed by atoms with Crippen LogP contribution in [0.5, 0.6) is 0 Å². The molecule has 0 aliphatic rings. The van der Waals surface area contributed by atoms with Crippen molar-refractivity contribution in [3.63, 3.8) is 0 Å². The van der Waals surface area contributed by atoms with Crippen LogP contribution in [0.1, 0.15) is 27.7 Å². The van der Waals surface area contributed by atoms with Crippen LogP contribution in [-0.2, 0) is 0 Å². The van der Waals surface area contributed by atoms with Crippen molar-refractivity contribution in [3.05, 3.63) is 21.8 Å². The van der Waals surface area contributed by atoms with Gasteiger partial charge in [-0.2, -0.15) is 0 Å². The summed E-state index contributed by atoms with van der Waals surface area (Å²) in [7, 11) is 0. The van der Waals surface area contributed by atoms with Gasteiger partial charge in [-0.1, -0.05) is 13.8 Å². The average molecular weight is 332 g/mol. The van der Waals surface area contributed by atoms with Crippen LogP contribution >= 0.6 is 22.6 Å². The number of hydrogen-bond donors (Lipinski definition) is 1. The van der Waals surface area contributed by atoms with E-state index < -0.39 is 0 Å². The maximum Gasteiger partial charge on any atom is 0.0603 e. The number of nitrogens with two attached hydrogens (primary N) is 1. The van der Waals surface area contributed by atoms with E-state index in [0.717, 1.165) is 17.9 Å². The largest absolute Gasteiger partial charge is 0.397 e. The molecule has 0 heterocycles. The van der Waals surface area contributed by atoms with Crippen molar-refractivity contribution in [2.45, 2.75) is 33.7 Å². The van der Waals surface area contributed by atoms with Crippen LogP contribution in [-0.4, -0.2) is 12.6 Å². The van der Waals surface area contributed by atoms with Crippen molar-refractivity contribution in [1.82, 2.24) is 0 Å². The number of nitrogens with zero attached hydrogens (tertiary/aromatic N) is 1. The van der Waals surface area contributed by atoms with Gasteiger partial charge in [-0.25, -0.2) is 0 Å². The molecule has 0 aliphatic carbocycles. The first-order chi connectivity index (χ1) is 7.41. The van der Waals surface area contributed by atoms with E-state index in [9.17, 15) is 0 Å². The van der Waals surface area contributed by atoms with Crippen molar-refractivity contribution in [3.8, 4) is 0 Å². The maximum absolute atomic E-state index is 6.09. The quantitative estimate of drug-likeness (QED) is 0.672. The fraction of sp³-hybridized carbons (Fsp3) is 0.538. The summed E-state index contributed by atoms with van der Waals surface area (Å²) in [4.78, 5) is 2.37. The van der Waals surface area contributed by atoms with Crippen LogP contribution in [0.15, 0.2) is 18.2 Å². The molecule has 0 atom stereocenters. The Hall–Kier alpha value is -0.450. The van der Waals surface area contributed by atoms with E-state index in [-0.39, 0.29) is 0 Å². The summed E-state index contributed by atoms with van der Waals surface area (Å²) in [5.74, 6) is 0.640. The first kappa shape index (κ1) is 13.6. The third-order valence-corrected chi connectivity index (χ3v) is 3.16. The standard InChI is InChI=1S/C13H21IN2/c1-9(2)8-16(10(3)4)13-6-5-11(14)7-12(13)15/h5-7,9-10H,8,15H2,1-4H3. The predicted molar refractivity (Wildman–Crippen MR) is 80.9 cm³/mol. The fourth-order valence-electron chi connectivity index (χ4n) is 1.77. The van der Waals surface area contributed by atoms with Gasteiger partial charge in [0.05, 0.1) is 11.4 Å². The molecule has 1 aromatic carbocycles. The van der Waals surface area contributed by atoms with E-state index in [2.05, 4.69) is 67.3 Å². The van der Waals surface area contributed by atoms with Crippen LogP contribution in [0.4, 0.5) is 11.4 Å². The number of anilines is 2. The zero-order chi connectivity index (χ0) is 12.3. The monoisotopic (exact) mass is 332 g/mol. The Bertz CT molecular complexity index is 348. The minimum absolute atomic E-state index is 0.477. The van der Waals surface area contributed by atoms with E-state index in [1.165, 1.54) is 3.57 Å². The number of hydrogen-bond acceptors (Lipinski definition) is 2. The minimum Gasteiger partial charge on any atom is -0.397 e. The number of nitrogen functional groups attached to an aromatic ring is 1. The van der Waals surface area contributed by atoms with Crippen LogP contribution in [0.25, 0.3) is 0 Å². The highest BCUT2D eigenvalue weighted by atomic mass is 127. The van der Waals surface area contributed by atoms with Crippen LogP contribution in [0, 0.1) is 9.49 Å². The number of benzene rings is 1. The zero-order valence-corrected chi connectivity index (χ0v) is 12.7. The van der Waals surface area contributed by atoms with Gasteiger partial charge in [0.15, 0.2) is 0 Å². The van der Waals surface area contributed by atoms with E-state index in [1.54, 1.807) is 0 Å². The van der Waals surface area contributed by atoms with Gasteiger partial charge in [0.2, 0.25) is 0 Å². The highest BCUT2D eigenvalue weighted by molar-refractivity contribution is 14.1. The molecule has 0 amide bonds. The Labute approximate surface area is 112 Å². The number of halogens is 1. The Kier molecular flexibility index (Phi) is 4.89. The summed E-state index contributed by atoms with van der Waals surface area (Å²) < 4.78 is 1.19. The molecule has 2 nitrogen and oxygen atoms in total. The van der Waals surface area contributed by atoms with Crippen LogP contribution in [0.3, 0.4) is 0 Å². The lowest BCUT2D eigenvalue weighted by molar-refractivity contribution is 0.571. The SMILES string of the molecule is CC(C)CN(c1ccc(I)cc1N)C(C)C. The van der Waals surface area contributed by atoms with E-state index >= 15 is 0 Å². The van der Waals surface area contributed by atoms with E-state index in [4.69, 9.17) is 5.73 Å². The minimum atomic E-state index is 0.477. The smallest absolute Gasteiger partial charge is 0.0603 e. The van der Waals surface area contributed by atoms with Gasteiger partial charge in [-0.15, -0.1) is 0 Å². The molecule has 0 aromatic heterocycles. The highest BCUT2D eigenvalue weighted by Gasteiger charge is 2.14. The molecule has 0 aliphatic heterocycles. The van der Waals surface area contributed by atoms with Gasteiger partial charge in [-0.05, 0) is 60.6 Å². The molecule has 3 heteroatoms. The summed E-state index contributed by atoms with van der Waals surface area (Å²) in [5, 5.41) is 0. The van der Waals surface area contributed by atoms with Gasteiger partial charge in [0.25, 0.3) is 0 Å². The lowest BCUT2D eigenvalue weighted by atomic mass is 10.1. The van der Waals surface area contributed by atoms with Gasteiger partial charge in [-0.3, -0.25) is 0 Å². The molecule has 0 spiro atoms. The summed E-state index contributed by atoms with van der Waals surface area (Å²) in [6, 6.07) is 6.75. The van der Waals surface area contributed by atoms with Gasteiger partial charge < -0.3 is 10.6 Å². The molecule has 90 valence electrons. The van der Waals surface area contributed by atoms with Gasteiger partial charge in [0, 0.05) is 16.2 Å². The molecule has 0 saturated carbocycles. The molecule has 1 rings (SSSR count). The Morgan fingerprint density at radius 2 is 1.88 bits per heavy atom. The van der Waals surface area contributed by atoms with Crippen molar-refractivity contribution in [2.75, 3.05) is 17.2 Å². The molecule has 2 N–H and O–H groups in total. The molecule has 0 fully saturated rings. The summed E-state index contributed by atoms with van der Waals surface area (Å²) in [5.41, 5.74) is 8.12. The Balaban J connectivity index is 3.01. The van der Waals surface area contributed by atoms with Crippen LogP contribution < -0.4 is 10.6 Å². The summed E-state index contributed by atoms with van der Waals surface area (Å²) in [6.45, 7) is 9.93. The third kappa shape index (κ3) is 3.54. The first-order valence-corrected chi connectivity index (χ1v) is 6.81. The van der Waals surface area contributed by atoms with E-state index in [1.807, 2.05) is 6.07 Å². The molecule has 16 heavy (non-hydrogen) atoms. The first-order valence-electron chi connectivity index (χ1n) is 5.73. The van der Waals surface area contributed by atoms with E-state index in [0.29, 0.717) is 12.0 Å². The lowest BCUT2D eigenvalue weighted by Crippen LogP contribution is -2.34. The summed E-state index contributed by atoms with van der Waals surface area (Å²) >= 11 is 2.29. The average Bonchev–Trinajstić information content (AvgIpc) is 2.14. The molecule has 1 aromatic rings. The lowest BCUT2D eigenvalue weighted by Gasteiger charge is -2.31. The second-order valence-electron chi connectivity index (χ2n) is 4.84. The zero-order valence-electron chi connectivity index (χ0n) is 10.5. The van der Waals surface area contributed by atoms with Crippen LogP contribution in [0.2, 0.25) is 0 Å². The molecular weight excluding hydrogens is 311 g/mol. The van der Waals surface area contributed by atoms with Crippen molar-refractivity contribution >= 4 is 34.0 Å². The second-order valence-corrected chi connectivity index (χ2v) is 6.09. The predicted octanol–water partition coefficient (Wildman–Crippen LogP) is 3.74. The third-order valence-electron chi connectivity index (χ3n) is 2.48. The molecule has 0 unspecified atom stereocenters. The van der Waals surface area contributed by atoms with Crippen molar-refractivity contribution < 1.29 is 0 Å². The Morgan fingerprint density at radius 1 is 1.25 bits per heavy atom. The van der Waals surface area contributed by atoms with Crippen molar-refractivity contribution in [1.29, 1.82) is 0 Å². The maximum atomic E-state index is 6.09. The molecular formula is C13H21IN2. The normalized spacial score (nSPS) is 11.2. The second kappa shape index (κ2) is 5.75. The molecule has 0 bridgehead atoms. The number of rotatable bonds is 4. The van der Waals surface area contributed by atoms with Crippen molar-refractivity contribution in [2.24, 2.45) is 5.92 Å². The Morgan fingerprint density at radius 3 is 2.31 bits per heavy atom. The van der Waals surface area contributed by atoms with Gasteiger partial charge in [0.1, 0.15) is 0 Å². The highest BCUT2D eigenvalue weighted by Crippen LogP contribution is 2.27. The fourth-order valence-corrected chi connectivity index (χ4v) is 2.28. The topological polar surface area (TPSA) is 29.3 Å². The van der Waals surface area contributed by atoms with Gasteiger partial charge >= 0.3 is 0 Å².